The van der Waals surface area contributed by atoms with E-state index in [9.17, 15) is 4.79 Å². The Balaban J connectivity index is 2.26. The molecule has 0 spiro atoms. The molecule has 1 aromatic carbocycles. The van der Waals surface area contributed by atoms with Gasteiger partial charge >= 0.3 is 0 Å². The highest BCUT2D eigenvalue weighted by atomic mass is 35.5. The lowest BCUT2D eigenvalue weighted by molar-refractivity contribution is -0.118. The lowest BCUT2D eigenvalue weighted by atomic mass is 10.1. The molecule has 0 aliphatic heterocycles. The zero-order valence-electron chi connectivity index (χ0n) is 9.54. The van der Waals surface area contributed by atoms with Crippen molar-refractivity contribution in [1.82, 2.24) is 0 Å². The summed E-state index contributed by atoms with van der Waals surface area (Å²) in [5, 5.41) is 0.701. The molecule has 0 saturated carbocycles. The van der Waals surface area contributed by atoms with E-state index in [1.807, 2.05) is 31.2 Å². The predicted molar refractivity (Wildman–Crippen MR) is 65.9 cm³/mol. The Bertz CT molecular complexity index is 319. The van der Waals surface area contributed by atoms with Gasteiger partial charge in [-0.05, 0) is 31.0 Å². The molecule has 3 heteroatoms. The zero-order chi connectivity index (χ0) is 11.8. The summed E-state index contributed by atoms with van der Waals surface area (Å²) in [5.41, 5.74) is 1.02. The number of halogens is 1. The molecule has 0 aliphatic carbocycles. The van der Waals surface area contributed by atoms with Gasteiger partial charge in [-0.25, -0.2) is 0 Å². The van der Waals surface area contributed by atoms with Crippen LogP contribution in [0.3, 0.4) is 0 Å². The van der Waals surface area contributed by atoms with Gasteiger partial charge in [0.25, 0.3) is 0 Å². The third kappa shape index (κ3) is 5.29. The second-order valence-electron chi connectivity index (χ2n) is 3.64. The Hall–Kier alpha value is -0.860. The number of benzene rings is 1. The summed E-state index contributed by atoms with van der Waals surface area (Å²) in [6, 6.07) is 7.40. The van der Waals surface area contributed by atoms with Crippen LogP contribution < -0.4 is 0 Å². The molecule has 0 saturated heterocycles. The highest BCUT2D eigenvalue weighted by Gasteiger charge is 2.03. The van der Waals surface area contributed by atoms with Crippen LogP contribution in [0.2, 0.25) is 5.02 Å². The molecule has 0 unspecified atom stereocenters. The highest BCUT2D eigenvalue weighted by molar-refractivity contribution is 6.30. The molecule has 1 aromatic rings. The van der Waals surface area contributed by atoms with Crippen molar-refractivity contribution in [3.8, 4) is 0 Å². The topological polar surface area (TPSA) is 26.3 Å². The zero-order valence-corrected chi connectivity index (χ0v) is 10.3. The predicted octanol–water partition coefficient (Wildman–Crippen LogP) is 3.27. The van der Waals surface area contributed by atoms with E-state index in [2.05, 4.69) is 0 Å². The van der Waals surface area contributed by atoms with Gasteiger partial charge in [0.05, 0.1) is 0 Å². The molecule has 0 N–H and O–H groups in total. The monoisotopic (exact) mass is 240 g/mol. The second-order valence-corrected chi connectivity index (χ2v) is 4.08. The van der Waals surface area contributed by atoms with Crippen molar-refractivity contribution < 1.29 is 9.53 Å². The van der Waals surface area contributed by atoms with Crippen LogP contribution in [0.4, 0.5) is 0 Å². The summed E-state index contributed by atoms with van der Waals surface area (Å²) in [6.07, 6.45) is 1.88. The van der Waals surface area contributed by atoms with E-state index in [0.717, 1.165) is 12.0 Å². The summed E-state index contributed by atoms with van der Waals surface area (Å²) in [5.74, 6) is 0.252. The molecule has 2 nitrogen and oxygen atoms in total. The van der Waals surface area contributed by atoms with Crippen molar-refractivity contribution in [2.45, 2.75) is 26.2 Å². The third-order valence-corrected chi connectivity index (χ3v) is 2.51. The summed E-state index contributed by atoms with van der Waals surface area (Å²) < 4.78 is 5.18. The van der Waals surface area contributed by atoms with Gasteiger partial charge in [0.1, 0.15) is 5.78 Å². The number of rotatable bonds is 7. The Morgan fingerprint density at radius 2 is 2.00 bits per heavy atom. The first-order chi connectivity index (χ1) is 7.72. The fourth-order valence-electron chi connectivity index (χ4n) is 1.43. The largest absolute Gasteiger partial charge is 0.382 e. The molecule has 16 heavy (non-hydrogen) atoms. The van der Waals surface area contributed by atoms with E-state index in [0.29, 0.717) is 31.1 Å². The van der Waals surface area contributed by atoms with Crippen LogP contribution in [0.5, 0.6) is 0 Å². The average Bonchev–Trinajstić information content (AvgIpc) is 2.28. The number of hydrogen-bond donors (Lipinski definition) is 0. The first-order valence-electron chi connectivity index (χ1n) is 5.56. The Labute approximate surface area is 102 Å². The standard InChI is InChI=1S/C13H17ClO2/c1-2-16-9-3-4-13(15)10-11-5-7-12(14)8-6-11/h5-8H,2-4,9-10H2,1H3. The molecule has 0 atom stereocenters. The first kappa shape index (κ1) is 13.2. The lowest BCUT2D eigenvalue weighted by Crippen LogP contribution is -2.04. The van der Waals surface area contributed by atoms with Crippen LogP contribution >= 0.6 is 11.6 Å². The van der Waals surface area contributed by atoms with Crippen LogP contribution in [0.1, 0.15) is 25.3 Å². The summed E-state index contributed by atoms with van der Waals surface area (Å²) in [7, 11) is 0. The van der Waals surface area contributed by atoms with E-state index in [4.69, 9.17) is 16.3 Å². The lowest BCUT2D eigenvalue weighted by Gasteiger charge is -2.02. The van der Waals surface area contributed by atoms with Gasteiger partial charge in [-0.3, -0.25) is 4.79 Å². The molecule has 0 bridgehead atoms. The number of Topliss-reactive ketones (excluding diaryl/α,β-unsaturated/α-hetero) is 1. The fourth-order valence-corrected chi connectivity index (χ4v) is 1.56. The average molecular weight is 241 g/mol. The van der Waals surface area contributed by atoms with Crippen LogP contribution in [0, 0.1) is 0 Å². The Morgan fingerprint density at radius 1 is 1.31 bits per heavy atom. The smallest absolute Gasteiger partial charge is 0.137 e. The summed E-state index contributed by atoms with van der Waals surface area (Å²) in [6.45, 7) is 3.34. The maximum atomic E-state index is 11.6. The van der Waals surface area contributed by atoms with Crippen molar-refractivity contribution in [2.75, 3.05) is 13.2 Å². The molecule has 88 valence electrons. The summed E-state index contributed by atoms with van der Waals surface area (Å²) >= 11 is 5.77. The van der Waals surface area contributed by atoms with Gasteiger partial charge in [0.2, 0.25) is 0 Å². The van der Waals surface area contributed by atoms with Gasteiger partial charge < -0.3 is 4.74 Å². The van der Waals surface area contributed by atoms with Crippen LogP contribution in [0.25, 0.3) is 0 Å². The summed E-state index contributed by atoms with van der Waals surface area (Å²) in [4.78, 5) is 11.6. The highest BCUT2D eigenvalue weighted by Crippen LogP contribution is 2.10. The van der Waals surface area contributed by atoms with Crippen molar-refractivity contribution in [3.05, 3.63) is 34.9 Å². The van der Waals surface area contributed by atoms with Crippen LogP contribution in [0.15, 0.2) is 24.3 Å². The molecule has 1 rings (SSSR count). The van der Waals surface area contributed by atoms with Crippen LogP contribution in [-0.2, 0) is 16.0 Å². The molecular weight excluding hydrogens is 224 g/mol. The molecule has 0 heterocycles. The van der Waals surface area contributed by atoms with E-state index >= 15 is 0 Å². The van der Waals surface area contributed by atoms with E-state index in [-0.39, 0.29) is 5.78 Å². The van der Waals surface area contributed by atoms with Gasteiger partial charge in [0.15, 0.2) is 0 Å². The molecule has 0 aliphatic rings. The fraction of sp³-hybridized carbons (Fsp3) is 0.462. The third-order valence-electron chi connectivity index (χ3n) is 2.26. The normalized spacial score (nSPS) is 10.4. The van der Waals surface area contributed by atoms with Crippen molar-refractivity contribution in [2.24, 2.45) is 0 Å². The van der Waals surface area contributed by atoms with E-state index in [1.165, 1.54) is 0 Å². The molecule has 0 aromatic heterocycles. The van der Waals surface area contributed by atoms with Gasteiger partial charge in [-0.2, -0.15) is 0 Å². The number of ether oxygens (including phenoxy) is 1. The Kier molecular flexibility index (Phi) is 6.12. The van der Waals surface area contributed by atoms with E-state index < -0.39 is 0 Å². The second kappa shape index (κ2) is 7.42. The number of hydrogen-bond acceptors (Lipinski definition) is 2. The Morgan fingerprint density at radius 3 is 2.62 bits per heavy atom. The number of ketones is 1. The van der Waals surface area contributed by atoms with Gasteiger partial charge in [-0.1, -0.05) is 23.7 Å². The first-order valence-corrected chi connectivity index (χ1v) is 5.94. The minimum absolute atomic E-state index is 0.252. The van der Waals surface area contributed by atoms with E-state index in [1.54, 1.807) is 0 Å². The maximum absolute atomic E-state index is 11.6. The maximum Gasteiger partial charge on any atom is 0.137 e. The molecule has 0 radical (unpaired) electrons. The van der Waals surface area contributed by atoms with Crippen molar-refractivity contribution in [3.63, 3.8) is 0 Å². The molecular formula is C13H17ClO2. The van der Waals surface area contributed by atoms with Crippen LogP contribution in [-0.4, -0.2) is 19.0 Å². The minimum Gasteiger partial charge on any atom is -0.382 e. The van der Waals surface area contributed by atoms with Crippen molar-refractivity contribution >= 4 is 17.4 Å². The SMILES string of the molecule is CCOCCCC(=O)Cc1ccc(Cl)cc1. The number of carbonyl (C=O) groups is 1. The van der Waals surface area contributed by atoms with Crippen molar-refractivity contribution in [1.29, 1.82) is 0 Å². The van der Waals surface area contributed by atoms with Gasteiger partial charge in [-0.15, -0.1) is 0 Å². The number of carbonyl (C=O) groups excluding carboxylic acids is 1. The minimum atomic E-state index is 0.252. The quantitative estimate of drug-likeness (QED) is 0.684. The van der Waals surface area contributed by atoms with Gasteiger partial charge in [0, 0.05) is 31.1 Å². The molecule has 0 amide bonds. The molecule has 0 fully saturated rings.